The molecule has 0 saturated carbocycles. The van der Waals surface area contributed by atoms with Gasteiger partial charge in [-0.3, -0.25) is 9.59 Å². The predicted octanol–water partition coefficient (Wildman–Crippen LogP) is 3.58. The fourth-order valence-corrected chi connectivity index (χ4v) is 2.19. The molecule has 2 amide bonds. The van der Waals surface area contributed by atoms with Gasteiger partial charge in [-0.15, -0.1) is 0 Å². The van der Waals surface area contributed by atoms with Gasteiger partial charge >= 0.3 is 11.8 Å². The van der Waals surface area contributed by atoms with Crippen molar-refractivity contribution >= 4 is 46.4 Å². The second-order valence-electron chi connectivity index (χ2n) is 4.53. The molecule has 0 unspecified atom stereocenters. The molecule has 0 spiro atoms. The summed E-state index contributed by atoms with van der Waals surface area (Å²) < 4.78 is 0. The summed E-state index contributed by atoms with van der Waals surface area (Å²) in [6, 6.07) is 8.90. The van der Waals surface area contributed by atoms with Crippen molar-refractivity contribution in [3.8, 4) is 5.75 Å². The molecule has 22 heavy (non-hydrogen) atoms. The molecule has 2 rings (SSSR count). The van der Waals surface area contributed by atoms with Crippen LogP contribution >= 0.6 is 23.2 Å². The van der Waals surface area contributed by atoms with Gasteiger partial charge in [0.25, 0.3) is 0 Å². The van der Waals surface area contributed by atoms with E-state index in [0.717, 1.165) is 0 Å². The third kappa shape index (κ3) is 3.90. The van der Waals surface area contributed by atoms with Crippen molar-refractivity contribution in [2.75, 3.05) is 10.6 Å². The molecule has 3 N–H and O–H groups in total. The molecule has 7 heteroatoms. The molecule has 2 aromatic rings. The van der Waals surface area contributed by atoms with Crippen molar-refractivity contribution < 1.29 is 14.7 Å². The highest BCUT2D eigenvalue weighted by Crippen LogP contribution is 2.25. The van der Waals surface area contributed by atoms with Crippen LogP contribution in [0.1, 0.15) is 5.56 Å². The molecule has 0 atom stereocenters. The lowest BCUT2D eigenvalue weighted by molar-refractivity contribution is -0.133. The zero-order valence-corrected chi connectivity index (χ0v) is 13.0. The first kappa shape index (κ1) is 16.1. The number of phenols is 1. The molecule has 0 fully saturated rings. The van der Waals surface area contributed by atoms with Crippen LogP contribution in [-0.2, 0) is 9.59 Å². The third-order valence-electron chi connectivity index (χ3n) is 2.84. The summed E-state index contributed by atoms with van der Waals surface area (Å²) in [4.78, 5) is 23.7. The fraction of sp³-hybridized carbons (Fsp3) is 0.0667. The Bertz CT molecular complexity index is 684. The topological polar surface area (TPSA) is 78.4 Å². The van der Waals surface area contributed by atoms with Gasteiger partial charge in [0.2, 0.25) is 0 Å². The fourth-order valence-electron chi connectivity index (χ4n) is 1.74. The normalized spacial score (nSPS) is 10.1. The van der Waals surface area contributed by atoms with Crippen molar-refractivity contribution in [3.63, 3.8) is 0 Å². The van der Waals surface area contributed by atoms with Crippen molar-refractivity contribution in [2.24, 2.45) is 0 Å². The zero-order chi connectivity index (χ0) is 16.3. The van der Waals surface area contributed by atoms with Gasteiger partial charge in [0, 0.05) is 10.7 Å². The van der Waals surface area contributed by atoms with Crippen LogP contribution in [0.25, 0.3) is 0 Å². The maximum Gasteiger partial charge on any atom is 0.314 e. The van der Waals surface area contributed by atoms with Gasteiger partial charge in [-0.25, -0.2) is 0 Å². The Labute approximate surface area is 136 Å². The molecule has 0 radical (unpaired) electrons. The maximum atomic E-state index is 11.9. The predicted molar refractivity (Wildman–Crippen MR) is 86.6 cm³/mol. The summed E-state index contributed by atoms with van der Waals surface area (Å²) in [5, 5.41) is 14.8. The number of phenolic OH excluding ortho intramolecular Hbond substituents is 1. The average molecular weight is 339 g/mol. The summed E-state index contributed by atoms with van der Waals surface area (Å²) in [6.07, 6.45) is 0. The van der Waals surface area contributed by atoms with Gasteiger partial charge in [0.15, 0.2) is 0 Å². The number of carbonyl (C=O) groups excluding carboxylic acids is 2. The van der Waals surface area contributed by atoms with Crippen LogP contribution in [0.4, 0.5) is 11.4 Å². The molecule has 0 heterocycles. The largest absolute Gasteiger partial charge is 0.508 e. The number of hydrogen-bond donors (Lipinski definition) is 3. The first-order chi connectivity index (χ1) is 10.4. The Morgan fingerprint density at radius 2 is 1.55 bits per heavy atom. The molecule has 0 bridgehead atoms. The number of halogens is 2. The lowest BCUT2D eigenvalue weighted by atomic mass is 10.2. The molecular formula is C15H12Cl2N2O3. The van der Waals surface area contributed by atoms with Crippen LogP contribution in [0.15, 0.2) is 36.4 Å². The SMILES string of the molecule is Cc1cc(O)ccc1NC(=O)C(=O)Nc1ccc(Cl)cc1Cl. The summed E-state index contributed by atoms with van der Waals surface area (Å²) in [5.41, 5.74) is 1.35. The highest BCUT2D eigenvalue weighted by molar-refractivity contribution is 6.45. The number of anilines is 2. The first-order valence-electron chi connectivity index (χ1n) is 6.24. The second kappa shape index (κ2) is 6.68. The van der Waals surface area contributed by atoms with Gasteiger partial charge in [-0.05, 0) is 48.9 Å². The number of aromatic hydroxyl groups is 1. The quantitative estimate of drug-likeness (QED) is 0.578. The van der Waals surface area contributed by atoms with Crippen LogP contribution in [0.2, 0.25) is 10.0 Å². The molecule has 5 nitrogen and oxygen atoms in total. The Balaban J connectivity index is 2.07. The number of nitrogens with one attached hydrogen (secondary N) is 2. The van der Waals surface area contributed by atoms with E-state index in [4.69, 9.17) is 23.2 Å². The van der Waals surface area contributed by atoms with Crippen LogP contribution in [-0.4, -0.2) is 16.9 Å². The summed E-state index contributed by atoms with van der Waals surface area (Å²) >= 11 is 11.7. The van der Waals surface area contributed by atoms with Crippen LogP contribution in [0.5, 0.6) is 5.75 Å². The summed E-state index contributed by atoms with van der Waals surface area (Å²) in [7, 11) is 0. The number of aryl methyl sites for hydroxylation is 1. The third-order valence-corrected chi connectivity index (χ3v) is 3.39. The van der Waals surface area contributed by atoms with Gasteiger partial charge in [0.05, 0.1) is 10.7 Å². The molecule has 0 aliphatic carbocycles. The van der Waals surface area contributed by atoms with E-state index in [1.54, 1.807) is 13.0 Å². The van der Waals surface area contributed by atoms with Gasteiger partial charge in [-0.2, -0.15) is 0 Å². The minimum absolute atomic E-state index is 0.0768. The van der Waals surface area contributed by atoms with Crippen LogP contribution in [0.3, 0.4) is 0 Å². The van der Waals surface area contributed by atoms with E-state index in [1.807, 2.05) is 0 Å². The zero-order valence-electron chi connectivity index (χ0n) is 11.5. The molecule has 0 aliphatic heterocycles. The van der Waals surface area contributed by atoms with E-state index in [9.17, 15) is 14.7 Å². The number of hydrogen-bond acceptors (Lipinski definition) is 3. The van der Waals surface area contributed by atoms with Gasteiger partial charge < -0.3 is 15.7 Å². The summed E-state index contributed by atoms with van der Waals surface area (Å²) in [5.74, 6) is -1.63. The monoisotopic (exact) mass is 338 g/mol. The minimum atomic E-state index is -0.864. The minimum Gasteiger partial charge on any atom is -0.508 e. The van der Waals surface area contributed by atoms with Gasteiger partial charge in [0.1, 0.15) is 5.75 Å². The van der Waals surface area contributed by atoms with Crippen molar-refractivity contribution in [1.82, 2.24) is 0 Å². The first-order valence-corrected chi connectivity index (χ1v) is 6.99. The van der Waals surface area contributed by atoms with E-state index in [0.29, 0.717) is 16.3 Å². The van der Waals surface area contributed by atoms with E-state index < -0.39 is 11.8 Å². The number of benzene rings is 2. The standard InChI is InChI=1S/C15H12Cl2N2O3/c1-8-6-10(20)3-5-12(8)18-14(21)15(22)19-13-4-2-9(16)7-11(13)17/h2-7,20H,1H3,(H,18,21)(H,19,22). The van der Waals surface area contributed by atoms with E-state index in [-0.39, 0.29) is 16.5 Å². The van der Waals surface area contributed by atoms with Crippen LogP contribution in [0, 0.1) is 6.92 Å². The Hall–Kier alpha value is -2.24. The second-order valence-corrected chi connectivity index (χ2v) is 5.38. The molecule has 2 aromatic carbocycles. The molecule has 114 valence electrons. The Kier molecular flexibility index (Phi) is 4.90. The van der Waals surface area contributed by atoms with Crippen molar-refractivity contribution in [3.05, 3.63) is 52.0 Å². The number of rotatable bonds is 2. The van der Waals surface area contributed by atoms with Crippen LogP contribution < -0.4 is 10.6 Å². The molecule has 0 aliphatic rings. The Morgan fingerprint density at radius 3 is 2.14 bits per heavy atom. The average Bonchev–Trinajstić information content (AvgIpc) is 2.44. The van der Waals surface area contributed by atoms with E-state index in [2.05, 4.69) is 10.6 Å². The smallest absolute Gasteiger partial charge is 0.314 e. The van der Waals surface area contributed by atoms with E-state index in [1.165, 1.54) is 30.3 Å². The Morgan fingerprint density at radius 1 is 0.955 bits per heavy atom. The lowest BCUT2D eigenvalue weighted by Gasteiger charge is -2.10. The maximum absolute atomic E-state index is 11.9. The number of amides is 2. The molecule has 0 saturated heterocycles. The van der Waals surface area contributed by atoms with E-state index >= 15 is 0 Å². The van der Waals surface area contributed by atoms with Crippen molar-refractivity contribution in [1.29, 1.82) is 0 Å². The van der Waals surface area contributed by atoms with Gasteiger partial charge in [-0.1, -0.05) is 23.2 Å². The van der Waals surface area contributed by atoms with Crippen molar-refractivity contribution in [2.45, 2.75) is 6.92 Å². The summed E-state index contributed by atoms with van der Waals surface area (Å²) in [6.45, 7) is 1.70. The number of carbonyl (C=O) groups is 2. The lowest BCUT2D eigenvalue weighted by Crippen LogP contribution is -2.29. The molecular weight excluding hydrogens is 327 g/mol. The highest BCUT2D eigenvalue weighted by atomic mass is 35.5. The highest BCUT2D eigenvalue weighted by Gasteiger charge is 2.16. The molecule has 0 aromatic heterocycles.